The van der Waals surface area contributed by atoms with Crippen LogP contribution in [0, 0.1) is 11.8 Å². The van der Waals surface area contributed by atoms with E-state index in [4.69, 9.17) is 5.11 Å². The third kappa shape index (κ3) is 3.20. The molecular formula is C12H21NO2. The minimum Gasteiger partial charge on any atom is -0.393 e. The molecule has 2 N–H and O–H groups in total. The van der Waals surface area contributed by atoms with Gasteiger partial charge in [0.15, 0.2) is 0 Å². The number of amides is 1. The minimum atomic E-state index is -0.110. The van der Waals surface area contributed by atoms with Gasteiger partial charge in [-0.1, -0.05) is 12.8 Å². The molecule has 2 rings (SSSR count). The fourth-order valence-electron chi connectivity index (χ4n) is 2.67. The smallest absolute Gasteiger partial charge is 0.220 e. The maximum Gasteiger partial charge on any atom is 0.220 e. The molecule has 0 aliphatic heterocycles. The second kappa shape index (κ2) is 4.97. The van der Waals surface area contributed by atoms with Gasteiger partial charge >= 0.3 is 0 Å². The molecule has 2 fully saturated rings. The van der Waals surface area contributed by atoms with Gasteiger partial charge in [0.05, 0.1) is 6.10 Å². The number of carbonyl (C=O) groups is 1. The summed E-state index contributed by atoms with van der Waals surface area (Å²) < 4.78 is 0. The van der Waals surface area contributed by atoms with Crippen LogP contribution in [-0.4, -0.2) is 23.7 Å². The van der Waals surface area contributed by atoms with Crippen molar-refractivity contribution in [2.45, 2.75) is 51.0 Å². The van der Waals surface area contributed by atoms with E-state index >= 15 is 0 Å². The lowest BCUT2D eigenvalue weighted by atomic mass is 9.82. The SMILES string of the molecule is O=C(CC1CCCC1)NCC1CC(O)C1. The zero-order valence-electron chi connectivity index (χ0n) is 9.24. The fourth-order valence-corrected chi connectivity index (χ4v) is 2.67. The first-order valence-electron chi connectivity index (χ1n) is 6.19. The molecule has 15 heavy (non-hydrogen) atoms. The highest BCUT2D eigenvalue weighted by Crippen LogP contribution is 2.28. The number of aliphatic hydroxyl groups is 1. The van der Waals surface area contributed by atoms with Crippen LogP contribution in [0.4, 0.5) is 0 Å². The van der Waals surface area contributed by atoms with Crippen molar-refractivity contribution in [3.8, 4) is 0 Å². The zero-order chi connectivity index (χ0) is 10.7. The third-order valence-electron chi connectivity index (χ3n) is 3.75. The van der Waals surface area contributed by atoms with E-state index < -0.39 is 0 Å². The summed E-state index contributed by atoms with van der Waals surface area (Å²) in [6.07, 6.45) is 7.40. The Hall–Kier alpha value is -0.570. The van der Waals surface area contributed by atoms with Crippen molar-refractivity contribution in [3.63, 3.8) is 0 Å². The summed E-state index contributed by atoms with van der Waals surface area (Å²) in [5, 5.41) is 12.1. The van der Waals surface area contributed by atoms with Crippen molar-refractivity contribution >= 4 is 5.91 Å². The molecule has 0 aromatic heterocycles. The highest BCUT2D eigenvalue weighted by molar-refractivity contribution is 5.76. The van der Waals surface area contributed by atoms with E-state index in [-0.39, 0.29) is 12.0 Å². The van der Waals surface area contributed by atoms with Crippen LogP contribution in [0.5, 0.6) is 0 Å². The van der Waals surface area contributed by atoms with E-state index in [1.165, 1.54) is 25.7 Å². The predicted octanol–water partition coefficient (Wildman–Crippen LogP) is 1.45. The maximum absolute atomic E-state index is 11.6. The minimum absolute atomic E-state index is 0.110. The summed E-state index contributed by atoms with van der Waals surface area (Å²) >= 11 is 0. The van der Waals surface area contributed by atoms with E-state index in [2.05, 4.69) is 5.32 Å². The molecule has 2 aliphatic rings. The first kappa shape index (κ1) is 10.9. The Kier molecular flexibility index (Phi) is 3.62. The molecule has 2 aliphatic carbocycles. The lowest BCUT2D eigenvalue weighted by molar-refractivity contribution is -0.122. The van der Waals surface area contributed by atoms with Gasteiger partial charge in [-0.15, -0.1) is 0 Å². The Balaban J connectivity index is 1.56. The molecule has 0 aromatic rings. The van der Waals surface area contributed by atoms with E-state index in [1.807, 2.05) is 0 Å². The molecule has 0 heterocycles. The average molecular weight is 211 g/mol. The molecule has 0 spiro atoms. The molecule has 0 aromatic carbocycles. The van der Waals surface area contributed by atoms with Gasteiger partial charge in [0.1, 0.15) is 0 Å². The quantitative estimate of drug-likeness (QED) is 0.739. The summed E-state index contributed by atoms with van der Waals surface area (Å²) in [7, 11) is 0. The predicted molar refractivity (Wildman–Crippen MR) is 58.3 cm³/mol. The molecule has 86 valence electrons. The summed E-state index contributed by atoms with van der Waals surface area (Å²) in [6, 6.07) is 0. The Bertz CT molecular complexity index is 218. The molecule has 0 atom stereocenters. The van der Waals surface area contributed by atoms with Gasteiger partial charge in [-0.05, 0) is 37.5 Å². The Morgan fingerprint density at radius 2 is 1.87 bits per heavy atom. The number of rotatable bonds is 4. The molecule has 0 saturated heterocycles. The van der Waals surface area contributed by atoms with Crippen molar-refractivity contribution in [1.82, 2.24) is 5.32 Å². The highest BCUT2D eigenvalue weighted by Gasteiger charge is 2.27. The van der Waals surface area contributed by atoms with Crippen LogP contribution >= 0.6 is 0 Å². The normalized spacial score (nSPS) is 31.3. The average Bonchev–Trinajstić information content (AvgIpc) is 2.63. The molecule has 3 nitrogen and oxygen atoms in total. The van der Waals surface area contributed by atoms with Crippen molar-refractivity contribution in [1.29, 1.82) is 0 Å². The van der Waals surface area contributed by atoms with Crippen LogP contribution in [-0.2, 0) is 4.79 Å². The first-order chi connectivity index (χ1) is 7.24. The van der Waals surface area contributed by atoms with Gasteiger partial charge in [-0.2, -0.15) is 0 Å². The second-order valence-electron chi connectivity index (χ2n) is 5.15. The largest absolute Gasteiger partial charge is 0.393 e. The standard InChI is InChI=1S/C12H21NO2/c14-11-5-10(6-11)8-13-12(15)7-9-3-1-2-4-9/h9-11,14H,1-8H2,(H,13,15). The van der Waals surface area contributed by atoms with Gasteiger partial charge in [-0.25, -0.2) is 0 Å². The van der Waals surface area contributed by atoms with Gasteiger partial charge in [-0.3, -0.25) is 4.79 Å². The summed E-state index contributed by atoms with van der Waals surface area (Å²) in [6.45, 7) is 0.766. The Morgan fingerprint density at radius 1 is 1.20 bits per heavy atom. The topological polar surface area (TPSA) is 49.3 Å². The first-order valence-corrected chi connectivity index (χ1v) is 6.19. The molecule has 3 heteroatoms. The van der Waals surface area contributed by atoms with Crippen LogP contribution in [0.25, 0.3) is 0 Å². The van der Waals surface area contributed by atoms with Crippen LogP contribution in [0.1, 0.15) is 44.9 Å². The number of carbonyl (C=O) groups excluding carboxylic acids is 1. The number of nitrogens with one attached hydrogen (secondary N) is 1. The van der Waals surface area contributed by atoms with Crippen LogP contribution in [0.2, 0.25) is 0 Å². The molecule has 2 saturated carbocycles. The maximum atomic E-state index is 11.6. The van der Waals surface area contributed by atoms with E-state index in [0.717, 1.165) is 25.8 Å². The van der Waals surface area contributed by atoms with Crippen molar-refractivity contribution < 1.29 is 9.90 Å². The highest BCUT2D eigenvalue weighted by atomic mass is 16.3. The number of hydrogen-bond donors (Lipinski definition) is 2. The lowest BCUT2D eigenvalue weighted by Gasteiger charge is -2.31. The number of hydrogen-bond acceptors (Lipinski definition) is 2. The summed E-state index contributed by atoms with van der Waals surface area (Å²) in [4.78, 5) is 11.6. The van der Waals surface area contributed by atoms with Crippen LogP contribution in [0.3, 0.4) is 0 Å². The van der Waals surface area contributed by atoms with Gasteiger partial charge in [0, 0.05) is 13.0 Å². The van der Waals surface area contributed by atoms with Gasteiger partial charge < -0.3 is 10.4 Å². The Labute approximate surface area is 91.2 Å². The molecular weight excluding hydrogens is 190 g/mol. The van der Waals surface area contributed by atoms with Crippen molar-refractivity contribution in [3.05, 3.63) is 0 Å². The summed E-state index contributed by atoms with van der Waals surface area (Å²) in [5.41, 5.74) is 0. The molecule has 0 unspecified atom stereocenters. The van der Waals surface area contributed by atoms with E-state index in [0.29, 0.717) is 11.8 Å². The van der Waals surface area contributed by atoms with Gasteiger partial charge in [0.25, 0.3) is 0 Å². The lowest BCUT2D eigenvalue weighted by Crippen LogP contribution is -2.38. The molecule has 0 bridgehead atoms. The number of aliphatic hydroxyl groups excluding tert-OH is 1. The zero-order valence-corrected chi connectivity index (χ0v) is 9.24. The van der Waals surface area contributed by atoms with E-state index in [1.54, 1.807) is 0 Å². The monoisotopic (exact) mass is 211 g/mol. The third-order valence-corrected chi connectivity index (χ3v) is 3.75. The van der Waals surface area contributed by atoms with Crippen LogP contribution in [0.15, 0.2) is 0 Å². The van der Waals surface area contributed by atoms with Crippen molar-refractivity contribution in [2.24, 2.45) is 11.8 Å². The fraction of sp³-hybridized carbons (Fsp3) is 0.917. The Morgan fingerprint density at radius 3 is 2.47 bits per heavy atom. The summed E-state index contributed by atoms with van der Waals surface area (Å²) in [5.74, 6) is 1.37. The molecule has 0 radical (unpaired) electrons. The van der Waals surface area contributed by atoms with Crippen molar-refractivity contribution in [2.75, 3.05) is 6.54 Å². The van der Waals surface area contributed by atoms with E-state index in [9.17, 15) is 4.79 Å². The van der Waals surface area contributed by atoms with Gasteiger partial charge in [0.2, 0.25) is 5.91 Å². The molecule has 1 amide bonds. The second-order valence-corrected chi connectivity index (χ2v) is 5.15. The van der Waals surface area contributed by atoms with Crippen LogP contribution < -0.4 is 5.32 Å².